The summed E-state index contributed by atoms with van der Waals surface area (Å²) in [6.07, 6.45) is -0.497. The summed E-state index contributed by atoms with van der Waals surface area (Å²) in [7, 11) is 0. The molecule has 72 valence electrons. The van der Waals surface area contributed by atoms with Crippen molar-refractivity contribution in [3.8, 4) is 5.75 Å². The van der Waals surface area contributed by atoms with Crippen LogP contribution in [0.1, 0.15) is 11.1 Å². The normalized spacial score (nSPS) is 12.8. The second kappa shape index (κ2) is 4.23. The molecule has 4 nitrogen and oxygen atoms in total. The number of aliphatic hydroxyl groups excluding tert-OH is 1. The van der Waals surface area contributed by atoms with Crippen molar-refractivity contribution in [3.05, 3.63) is 29.3 Å². The van der Waals surface area contributed by atoms with Crippen molar-refractivity contribution in [3.63, 3.8) is 0 Å². The number of hydrogen-bond donors (Lipinski definition) is 4. The van der Waals surface area contributed by atoms with Gasteiger partial charge in [0.15, 0.2) is 0 Å². The fraction of sp³-hybridized carbons (Fsp3) is 0.333. The van der Waals surface area contributed by atoms with Crippen LogP contribution in [0.15, 0.2) is 18.2 Å². The Kier molecular flexibility index (Phi) is 3.25. The predicted molar refractivity (Wildman–Crippen MR) is 49.9 cm³/mol. The van der Waals surface area contributed by atoms with E-state index < -0.39 is 6.23 Å². The second-order valence-electron chi connectivity index (χ2n) is 2.94. The summed E-state index contributed by atoms with van der Waals surface area (Å²) in [6, 6.07) is 5.01. The highest BCUT2D eigenvalue weighted by atomic mass is 16.3. The number of aromatic hydroxyl groups is 1. The molecule has 0 fully saturated rings. The third kappa shape index (κ3) is 2.69. The van der Waals surface area contributed by atoms with Crippen LogP contribution in [0.3, 0.4) is 0 Å². The Labute approximate surface area is 76.8 Å². The molecule has 0 bridgehead atoms. The fourth-order valence-electron chi connectivity index (χ4n) is 1.17. The molecule has 6 N–H and O–H groups in total. The first-order valence-corrected chi connectivity index (χ1v) is 4.08. The average Bonchev–Trinajstić information content (AvgIpc) is 2.07. The van der Waals surface area contributed by atoms with E-state index in [1.54, 1.807) is 18.2 Å². The largest absolute Gasteiger partial charge is 0.508 e. The molecule has 0 aromatic heterocycles. The maximum atomic E-state index is 9.30. The van der Waals surface area contributed by atoms with Crippen LogP contribution < -0.4 is 11.5 Å². The number of hydrogen-bond acceptors (Lipinski definition) is 4. The molecule has 0 amide bonds. The van der Waals surface area contributed by atoms with Crippen molar-refractivity contribution in [2.75, 3.05) is 0 Å². The van der Waals surface area contributed by atoms with E-state index in [-0.39, 0.29) is 12.3 Å². The number of nitrogens with two attached hydrogens (primary N) is 2. The number of rotatable bonds is 3. The van der Waals surface area contributed by atoms with E-state index in [0.29, 0.717) is 12.0 Å². The quantitative estimate of drug-likeness (QED) is 0.482. The molecule has 1 unspecified atom stereocenters. The molecule has 1 rings (SSSR count). The van der Waals surface area contributed by atoms with Crippen molar-refractivity contribution >= 4 is 0 Å². The van der Waals surface area contributed by atoms with E-state index in [9.17, 15) is 5.11 Å². The van der Waals surface area contributed by atoms with Crippen molar-refractivity contribution in [1.29, 1.82) is 0 Å². The Morgan fingerprint density at radius 1 is 1.38 bits per heavy atom. The zero-order valence-corrected chi connectivity index (χ0v) is 7.27. The summed E-state index contributed by atoms with van der Waals surface area (Å²) in [4.78, 5) is 0. The lowest BCUT2D eigenvalue weighted by Crippen LogP contribution is -2.21. The van der Waals surface area contributed by atoms with Gasteiger partial charge >= 0.3 is 0 Å². The van der Waals surface area contributed by atoms with Crippen LogP contribution in [0.5, 0.6) is 5.75 Å². The number of aliphatic hydroxyl groups is 1. The van der Waals surface area contributed by atoms with Gasteiger partial charge in [0, 0.05) is 18.5 Å². The monoisotopic (exact) mass is 182 g/mol. The molecule has 4 heteroatoms. The van der Waals surface area contributed by atoms with Gasteiger partial charge in [-0.3, -0.25) is 0 Å². The minimum atomic E-state index is -0.866. The van der Waals surface area contributed by atoms with Crippen LogP contribution in [-0.4, -0.2) is 16.4 Å². The average molecular weight is 182 g/mol. The van der Waals surface area contributed by atoms with Crippen LogP contribution in [0.25, 0.3) is 0 Å². The van der Waals surface area contributed by atoms with Crippen molar-refractivity contribution in [2.24, 2.45) is 11.5 Å². The van der Waals surface area contributed by atoms with E-state index in [0.717, 1.165) is 5.56 Å². The molecule has 0 spiro atoms. The summed E-state index contributed by atoms with van der Waals surface area (Å²) >= 11 is 0. The maximum Gasteiger partial charge on any atom is 0.120 e. The summed E-state index contributed by atoms with van der Waals surface area (Å²) in [6.45, 7) is 0.278. The molecular formula is C9H14N2O2. The third-order valence-corrected chi connectivity index (χ3v) is 1.81. The van der Waals surface area contributed by atoms with E-state index in [2.05, 4.69) is 0 Å². The van der Waals surface area contributed by atoms with Gasteiger partial charge in [0.1, 0.15) is 12.0 Å². The Morgan fingerprint density at radius 3 is 2.62 bits per heavy atom. The van der Waals surface area contributed by atoms with E-state index in [1.165, 1.54) is 0 Å². The van der Waals surface area contributed by atoms with Gasteiger partial charge in [-0.25, -0.2) is 0 Å². The summed E-state index contributed by atoms with van der Waals surface area (Å²) in [5.74, 6) is 0.178. The lowest BCUT2D eigenvalue weighted by molar-refractivity contribution is 0.183. The van der Waals surface area contributed by atoms with Crippen molar-refractivity contribution in [1.82, 2.24) is 0 Å². The first kappa shape index (κ1) is 9.98. The number of phenolic OH excluding ortho intramolecular Hbond substituents is 1. The van der Waals surface area contributed by atoms with Crippen LogP contribution in [0.2, 0.25) is 0 Å². The molecule has 1 aromatic rings. The Bertz CT molecular complexity index is 287. The second-order valence-corrected chi connectivity index (χ2v) is 2.94. The van der Waals surface area contributed by atoms with Gasteiger partial charge in [-0.05, 0) is 11.6 Å². The molecule has 0 aliphatic rings. The number of phenols is 1. The molecule has 0 heterocycles. The van der Waals surface area contributed by atoms with Gasteiger partial charge in [0.2, 0.25) is 0 Å². The fourth-order valence-corrected chi connectivity index (χ4v) is 1.17. The first-order valence-electron chi connectivity index (χ1n) is 4.08. The zero-order valence-electron chi connectivity index (χ0n) is 7.27. The highest BCUT2D eigenvalue weighted by molar-refractivity contribution is 5.36. The molecular weight excluding hydrogens is 168 g/mol. The van der Waals surface area contributed by atoms with Crippen LogP contribution in [0.4, 0.5) is 0 Å². The highest BCUT2D eigenvalue weighted by Gasteiger charge is 2.03. The van der Waals surface area contributed by atoms with Gasteiger partial charge in [0.25, 0.3) is 0 Å². The van der Waals surface area contributed by atoms with Crippen LogP contribution >= 0.6 is 0 Å². The Hall–Kier alpha value is -1.10. The van der Waals surface area contributed by atoms with Gasteiger partial charge in [0.05, 0.1) is 0 Å². The first-order chi connectivity index (χ1) is 6.13. The van der Waals surface area contributed by atoms with Gasteiger partial charge < -0.3 is 21.7 Å². The van der Waals surface area contributed by atoms with Crippen LogP contribution in [0, 0.1) is 0 Å². The highest BCUT2D eigenvalue weighted by Crippen LogP contribution is 2.18. The Morgan fingerprint density at radius 2 is 2.08 bits per heavy atom. The molecule has 0 saturated carbocycles. The van der Waals surface area contributed by atoms with Gasteiger partial charge in [-0.1, -0.05) is 12.1 Å². The molecule has 1 atom stereocenters. The van der Waals surface area contributed by atoms with E-state index in [1.807, 2.05) is 0 Å². The minimum absolute atomic E-state index is 0.178. The molecule has 0 saturated heterocycles. The molecule has 0 aliphatic carbocycles. The van der Waals surface area contributed by atoms with Gasteiger partial charge in [-0.2, -0.15) is 0 Å². The van der Waals surface area contributed by atoms with Crippen molar-refractivity contribution in [2.45, 2.75) is 19.2 Å². The number of benzene rings is 1. The summed E-state index contributed by atoms with van der Waals surface area (Å²) in [5.41, 5.74) is 12.1. The summed E-state index contributed by atoms with van der Waals surface area (Å²) in [5, 5.41) is 18.2. The van der Waals surface area contributed by atoms with Crippen LogP contribution in [-0.2, 0) is 13.0 Å². The standard InChI is InChI=1S/C9H14N2O2/c10-5-7-3-6(4-9(11)13)1-2-8(7)12/h1-3,9,12-13H,4-5,10-11H2. The van der Waals surface area contributed by atoms with Crippen molar-refractivity contribution < 1.29 is 10.2 Å². The maximum absolute atomic E-state index is 9.30. The zero-order chi connectivity index (χ0) is 9.84. The SMILES string of the molecule is NCc1cc(CC(N)O)ccc1O. The minimum Gasteiger partial charge on any atom is -0.508 e. The lowest BCUT2D eigenvalue weighted by atomic mass is 10.1. The lowest BCUT2D eigenvalue weighted by Gasteiger charge is -2.07. The summed E-state index contributed by atoms with van der Waals surface area (Å²) < 4.78 is 0. The Balaban J connectivity index is 2.86. The topological polar surface area (TPSA) is 92.5 Å². The molecule has 0 aliphatic heterocycles. The smallest absolute Gasteiger partial charge is 0.120 e. The van der Waals surface area contributed by atoms with E-state index >= 15 is 0 Å². The van der Waals surface area contributed by atoms with E-state index in [4.69, 9.17) is 16.6 Å². The molecule has 1 aromatic carbocycles. The van der Waals surface area contributed by atoms with Gasteiger partial charge in [-0.15, -0.1) is 0 Å². The third-order valence-electron chi connectivity index (χ3n) is 1.81. The molecule has 13 heavy (non-hydrogen) atoms. The molecule has 0 radical (unpaired) electrons. The predicted octanol–water partition coefficient (Wildman–Crippen LogP) is -0.329.